The molecule has 2 heteroatoms. The van der Waals surface area contributed by atoms with Crippen LogP contribution in [0.15, 0.2) is 0 Å². The molecule has 3 atom stereocenters. The fourth-order valence-electron chi connectivity index (χ4n) is 2.76. The van der Waals surface area contributed by atoms with Crippen LogP contribution in [0.3, 0.4) is 0 Å². The molecule has 0 aromatic heterocycles. The van der Waals surface area contributed by atoms with Crippen molar-refractivity contribution >= 4 is 0 Å². The summed E-state index contributed by atoms with van der Waals surface area (Å²) >= 11 is 0. The third kappa shape index (κ3) is 0.424. The highest BCUT2D eigenvalue weighted by Crippen LogP contribution is 2.55. The molecule has 3 saturated heterocycles. The highest BCUT2D eigenvalue weighted by molar-refractivity contribution is 5.11. The normalized spacial score (nSPS) is 58.5. The van der Waals surface area contributed by atoms with Gasteiger partial charge in [-0.1, -0.05) is 0 Å². The Hall–Kier alpha value is -0.0800. The van der Waals surface area contributed by atoms with Crippen LogP contribution in [0.2, 0.25) is 0 Å². The van der Waals surface area contributed by atoms with Crippen molar-refractivity contribution in [1.29, 1.82) is 0 Å². The molecule has 1 spiro atoms. The molecule has 0 aromatic rings. The van der Waals surface area contributed by atoms with Crippen molar-refractivity contribution in [2.24, 2.45) is 0 Å². The number of nitrogens with zero attached hydrogens (tertiary/aromatic N) is 1. The van der Waals surface area contributed by atoms with Gasteiger partial charge in [0, 0.05) is 6.04 Å². The van der Waals surface area contributed by atoms with Gasteiger partial charge in [0.25, 0.3) is 0 Å². The van der Waals surface area contributed by atoms with Crippen molar-refractivity contribution in [3.05, 3.63) is 0 Å². The molecule has 56 valence electrons. The predicted molar refractivity (Wildman–Crippen MR) is 37.6 cm³/mol. The van der Waals surface area contributed by atoms with Crippen LogP contribution in [0.1, 0.15) is 25.7 Å². The number of fused-ring (bicyclic) bond motifs is 1. The zero-order valence-corrected chi connectivity index (χ0v) is 6.34. The first-order chi connectivity index (χ1) is 4.83. The lowest BCUT2D eigenvalue weighted by Crippen LogP contribution is -2.40. The zero-order valence-electron chi connectivity index (χ0n) is 6.34. The van der Waals surface area contributed by atoms with Crippen molar-refractivity contribution in [1.82, 2.24) is 4.90 Å². The van der Waals surface area contributed by atoms with E-state index < -0.39 is 0 Å². The molecule has 0 amide bonds. The number of likely N-dealkylation sites (N-methyl/N-ethyl adjacent to an activating group) is 1. The van der Waals surface area contributed by atoms with Crippen molar-refractivity contribution in [3.8, 4) is 0 Å². The fourth-order valence-corrected chi connectivity index (χ4v) is 2.76. The quantitative estimate of drug-likeness (QED) is 0.465. The van der Waals surface area contributed by atoms with Crippen molar-refractivity contribution in [2.45, 2.75) is 43.6 Å². The number of ether oxygens (including phenoxy) is 1. The Morgan fingerprint density at radius 2 is 2.30 bits per heavy atom. The highest BCUT2D eigenvalue weighted by atomic mass is 16.6. The average molecular weight is 139 g/mol. The Morgan fingerprint density at radius 1 is 1.40 bits per heavy atom. The van der Waals surface area contributed by atoms with Gasteiger partial charge in [-0.25, -0.2) is 0 Å². The maximum Gasteiger partial charge on any atom is 0.148 e. The smallest absolute Gasteiger partial charge is 0.148 e. The monoisotopic (exact) mass is 139 g/mol. The van der Waals surface area contributed by atoms with Crippen LogP contribution in [-0.2, 0) is 4.74 Å². The summed E-state index contributed by atoms with van der Waals surface area (Å²) in [7, 11) is 2.22. The number of rotatable bonds is 0. The molecule has 0 saturated carbocycles. The lowest BCUT2D eigenvalue weighted by Gasteiger charge is -2.26. The topological polar surface area (TPSA) is 15.8 Å². The molecule has 2 nitrogen and oxygen atoms in total. The molecule has 0 radical (unpaired) electrons. The van der Waals surface area contributed by atoms with Gasteiger partial charge in [0.05, 0.1) is 0 Å². The standard InChI is InChI=1S/C8H13NO/c1-9-6-2-3-7-8(9,10-7)5-4-6/h6-7H,2-5H2,1H3/t6-,7?,8+/m1/s1. The maximum atomic E-state index is 5.69. The highest BCUT2D eigenvalue weighted by Gasteiger charge is 2.65. The van der Waals surface area contributed by atoms with E-state index in [0.717, 1.165) is 6.04 Å². The minimum absolute atomic E-state index is 0.253. The summed E-state index contributed by atoms with van der Waals surface area (Å²) in [5, 5.41) is 0. The second-order valence-electron chi connectivity index (χ2n) is 3.83. The summed E-state index contributed by atoms with van der Waals surface area (Å²) in [5.74, 6) is 0. The third-order valence-electron chi connectivity index (χ3n) is 3.53. The van der Waals surface area contributed by atoms with Gasteiger partial charge in [-0.2, -0.15) is 0 Å². The summed E-state index contributed by atoms with van der Waals surface area (Å²) in [4.78, 5) is 2.46. The van der Waals surface area contributed by atoms with E-state index in [9.17, 15) is 0 Å². The summed E-state index contributed by atoms with van der Waals surface area (Å²) in [6.07, 6.45) is 5.94. The molecule has 0 N–H and O–H groups in total. The van der Waals surface area contributed by atoms with Gasteiger partial charge in [0.1, 0.15) is 11.8 Å². The van der Waals surface area contributed by atoms with E-state index in [1.165, 1.54) is 25.7 Å². The number of hydrogen-bond donors (Lipinski definition) is 0. The van der Waals surface area contributed by atoms with E-state index in [4.69, 9.17) is 4.74 Å². The Bertz CT molecular complexity index is 180. The molecule has 1 unspecified atom stereocenters. The number of hydrogen-bond acceptors (Lipinski definition) is 2. The minimum Gasteiger partial charge on any atom is -0.350 e. The molecular formula is C8H13NO. The first-order valence-electron chi connectivity index (χ1n) is 4.24. The Kier molecular flexibility index (Phi) is 0.783. The van der Waals surface area contributed by atoms with Crippen LogP contribution in [0.25, 0.3) is 0 Å². The molecule has 0 aliphatic carbocycles. The first-order valence-corrected chi connectivity index (χ1v) is 4.24. The maximum absolute atomic E-state index is 5.69. The van der Waals surface area contributed by atoms with Gasteiger partial charge in [-0.15, -0.1) is 0 Å². The SMILES string of the molecule is CN1[C@@H]2CCC3O[C@@]31CC2. The Labute approximate surface area is 61.1 Å². The first kappa shape index (κ1) is 5.56. The van der Waals surface area contributed by atoms with Gasteiger partial charge in [-0.3, -0.25) is 4.90 Å². The second kappa shape index (κ2) is 1.41. The lowest BCUT2D eigenvalue weighted by molar-refractivity contribution is 0.115. The number of epoxide rings is 1. The van der Waals surface area contributed by atoms with Crippen molar-refractivity contribution in [2.75, 3.05) is 7.05 Å². The molecule has 3 aliphatic heterocycles. The van der Waals surface area contributed by atoms with Crippen molar-refractivity contribution < 1.29 is 4.74 Å². The summed E-state index contributed by atoms with van der Waals surface area (Å²) < 4.78 is 5.69. The molecule has 3 aliphatic rings. The van der Waals surface area contributed by atoms with Crippen LogP contribution < -0.4 is 0 Å². The van der Waals surface area contributed by atoms with Crippen LogP contribution in [0.5, 0.6) is 0 Å². The molecule has 2 bridgehead atoms. The third-order valence-corrected chi connectivity index (χ3v) is 3.53. The molecule has 3 rings (SSSR count). The molecule has 3 fully saturated rings. The van der Waals surface area contributed by atoms with Gasteiger partial charge >= 0.3 is 0 Å². The van der Waals surface area contributed by atoms with E-state index in [1.807, 2.05) is 0 Å². The van der Waals surface area contributed by atoms with E-state index in [2.05, 4.69) is 11.9 Å². The van der Waals surface area contributed by atoms with Gasteiger partial charge in [0.15, 0.2) is 0 Å². The lowest BCUT2D eigenvalue weighted by atomic mass is 10.0. The molecular weight excluding hydrogens is 126 g/mol. The van der Waals surface area contributed by atoms with E-state index in [1.54, 1.807) is 0 Å². The predicted octanol–water partition coefficient (Wildman–Crippen LogP) is 0.969. The van der Waals surface area contributed by atoms with Crippen LogP contribution in [-0.4, -0.2) is 29.8 Å². The summed E-state index contributed by atoms with van der Waals surface area (Å²) in [5.41, 5.74) is 0.253. The molecule has 0 aromatic carbocycles. The average Bonchev–Trinajstić information content (AvgIpc) is 2.53. The fraction of sp³-hybridized carbons (Fsp3) is 1.00. The summed E-state index contributed by atoms with van der Waals surface area (Å²) in [6.45, 7) is 0. The largest absolute Gasteiger partial charge is 0.350 e. The minimum atomic E-state index is 0.253. The van der Waals surface area contributed by atoms with Gasteiger partial charge in [0.2, 0.25) is 0 Å². The van der Waals surface area contributed by atoms with Crippen LogP contribution in [0.4, 0.5) is 0 Å². The molecule has 10 heavy (non-hydrogen) atoms. The number of piperidine rings is 1. The van der Waals surface area contributed by atoms with Crippen LogP contribution in [0, 0.1) is 0 Å². The molecule has 3 heterocycles. The Balaban J connectivity index is 2.00. The van der Waals surface area contributed by atoms with E-state index in [-0.39, 0.29) is 5.72 Å². The zero-order chi connectivity index (χ0) is 6.77. The Morgan fingerprint density at radius 3 is 3.10 bits per heavy atom. The van der Waals surface area contributed by atoms with Gasteiger partial charge < -0.3 is 4.74 Å². The van der Waals surface area contributed by atoms with Crippen LogP contribution >= 0.6 is 0 Å². The second-order valence-corrected chi connectivity index (χ2v) is 3.83. The summed E-state index contributed by atoms with van der Waals surface area (Å²) in [6, 6.07) is 0.846. The van der Waals surface area contributed by atoms with E-state index >= 15 is 0 Å². The van der Waals surface area contributed by atoms with Crippen molar-refractivity contribution in [3.63, 3.8) is 0 Å². The van der Waals surface area contributed by atoms with E-state index in [0.29, 0.717) is 6.10 Å². The van der Waals surface area contributed by atoms with Gasteiger partial charge in [-0.05, 0) is 32.7 Å².